The normalized spacial score (nSPS) is 12.6. The average Bonchev–Trinajstić information content (AvgIpc) is 3.50. The summed E-state index contributed by atoms with van der Waals surface area (Å²) in [5, 5.41) is 0. The highest BCUT2D eigenvalue weighted by molar-refractivity contribution is 5.71. The lowest BCUT2D eigenvalue weighted by Crippen LogP contribution is -2.30. The van der Waals surface area contributed by atoms with Crippen molar-refractivity contribution in [1.29, 1.82) is 0 Å². The molecule has 480 valence electrons. The van der Waals surface area contributed by atoms with Gasteiger partial charge in [-0.25, -0.2) is 0 Å². The Kier molecular flexibility index (Phi) is 68.2. The van der Waals surface area contributed by atoms with Gasteiger partial charge in [0, 0.05) is 19.3 Å². The zero-order valence-corrected chi connectivity index (χ0v) is 55.2. The first-order chi connectivity index (χ1) is 41.0. The summed E-state index contributed by atoms with van der Waals surface area (Å²) >= 11 is 0. The van der Waals surface area contributed by atoms with Crippen molar-refractivity contribution < 1.29 is 28.6 Å². The van der Waals surface area contributed by atoms with Gasteiger partial charge in [-0.1, -0.05) is 337 Å². The van der Waals surface area contributed by atoms with Crippen LogP contribution in [0.25, 0.3) is 0 Å². The smallest absolute Gasteiger partial charge is 0.306 e. The summed E-state index contributed by atoms with van der Waals surface area (Å²) in [6, 6.07) is 0. The molecule has 0 aromatic carbocycles. The van der Waals surface area contributed by atoms with E-state index in [-0.39, 0.29) is 31.1 Å². The quantitative estimate of drug-likeness (QED) is 0.0261. The van der Waals surface area contributed by atoms with Crippen LogP contribution >= 0.6 is 0 Å². The van der Waals surface area contributed by atoms with Gasteiger partial charge in [0.25, 0.3) is 0 Å². The highest BCUT2D eigenvalue weighted by atomic mass is 16.6. The van der Waals surface area contributed by atoms with E-state index in [1.807, 2.05) is 0 Å². The first kappa shape index (κ1) is 79.6. The summed E-state index contributed by atoms with van der Waals surface area (Å²) in [6.45, 7) is 6.57. The van der Waals surface area contributed by atoms with Crippen LogP contribution in [0.3, 0.4) is 0 Å². The van der Waals surface area contributed by atoms with Gasteiger partial charge in [0.2, 0.25) is 0 Å². The van der Waals surface area contributed by atoms with Gasteiger partial charge in [-0.3, -0.25) is 14.4 Å². The lowest BCUT2D eigenvalue weighted by Gasteiger charge is -2.18. The van der Waals surface area contributed by atoms with Crippen molar-refractivity contribution in [3.8, 4) is 0 Å². The zero-order chi connectivity index (χ0) is 59.9. The molecule has 0 fully saturated rings. The summed E-state index contributed by atoms with van der Waals surface area (Å²) in [7, 11) is 0. The predicted molar refractivity (Wildman–Crippen MR) is 362 cm³/mol. The molecule has 0 aromatic rings. The number of esters is 3. The number of hydrogen-bond donors (Lipinski definition) is 0. The van der Waals surface area contributed by atoms with Crippen molar-refractivity contribution in [2.24, 2.45) is 0 Å². The van der Waals surface area contributed by atoms with Crippen LogP contribution in [-0.2, 0) is 28.6 Å². The molecule has 0 spiro atoms. The monoisotopic (exact) mass is 1160 g/mol. The first-order valence-electron chi connectivity index (χ1n) is 36.1. The summed E-state index contributed by atoms with van der Waals surface area (Å²) < 4.78 is 17.0. The van der Waals surface area contributed by atoms with E-state index in [1.165, 1.54) is 225 Å². The largest absolute Gasteiger partial charge is 0.462 e. The first-order valence-corrected chi connectivity index (χ1v) is 36.1. The second-order valence-corrected chi connectivity index (χ2v) is 24.1. The molecule has 0 amide bonds. The standard InChI is InChI=1S/C77H136O6/c1-4-7-10-13-16-19-22-25-28-31-34-36-37-38-39-41-43-46-49-52-55-58-61-64-67-70-76(79)82-73-74(72-81-75(78)69-66-63-60-57-54-51-48-45-42-33-30-27-24-21-18-15-12-9-6-3)83-77(80)71-68-65-62-59-56-53-50-47-44-40-35-32-29-26-23-20-17-14-11-8-5-2/h8,11,17,20,22,25-26,29,31,34-35,37-38,40,74H,4-7,9-10,12-16,18-19,21,23-24,27-28,30,32-33,36,39,41-73H2,1-3H3/b11-8-,20-17-,25-22-,29-26-,34-31-,38-37-,40-35-. The third kappa shape index (κ3) is 69.3. The molecular weight excluding hydrogens is 1020 g/mol. The van der Waals surface area contributed by atoms with E-state index in [1.54, 1.807) is 0 Å². The molecule has 0 bridgehead atoms. The van der Waals surface area contributed by atoms with Crippen LogP contribution in [0.2, 0.25) is 0 Å². The zero-order valence-electron chi connectivity index (χ0n) is 55.2. The Hall–Kier alpha value is -3.41. The van der Waals surface area contributed by atoms with Crippen LogP contribution < -0.4 is 0 Å². The second-order valence-electron chi connectivity index (χ2n) is 24.1. The van der Waals surface area contributed by atoms with Crippen LogP contribution in [0.4, 0.5) is 0 Å². The Morgan fingerprint density at radius 1 is 0.253 bits per heavy atom. The van der Waals surface area contributed by atoms with Crippen LogP contribution in [-0.4, -0.2) is 37.2 Å². The van der Waals surface area contributed by atoms with Gasteiger partial charge >= 0.3 is 17.9 Å². The number of hydrogen-bond acceptors (Lipinski definition) is 6. The fraction of sp³-hybridized carbons (Fsp3) is 0.779. The van der Waals surface area contributed by atoms with Crippen LogP contribution in [0.15, 0.2) is 85.1 Å². The highest BCUT2D eigenvalue weighted by Crippen LogP contribution is 2.18. The molecule has 0 heterocycles. The number of allylic oxidation sites excluding steroid dienone is 14. The predicted octanol–water partition coefficient (Wildman–Crippen LogP) is 25.0. The van der Waals surface area contributed by atoms with Crippen LogP contribution in [0, 0.1) is 0 Å². The molecule has 0 aliphatic rings. The molecule has 0 aliphatic carbocycles. The van der Waals surface area contributed by atoms with Crippen molar-refractivity contribution in [3.63, 3.8) is 0 Å². The molecule has 1 atom stereocenters. The Balaban J connectivity index is 4.36. The molecule has 83 heavy (non-hydrogen) atoms. The molecule has 6 heteroatoms. The lowest BCUT2D eigenvalue weighted by molar-refractivity contribution is -0.167. The third-order valence-corrected chi connectivity index (χ3v) is 15.9. The SMILES string of the molecule is CC/C=C\C/C=C\C/C=C\C/C=C\CCCCCCCCCCC(=O)OC(COC(=O)CCCCCCCCCCCC/C=C\C/C=C\C/C=C\CCCCCCC)COC(=O)CCCCCCCCCCCCCCCCCCCCC. The second kappa shape index (κ2) is 71.1. The van der Waals surface area contributed by atoms with Crippen molar-refractivity contribution in [2.45, 2.75) is 374 Å². The van der Waals surface area contributed by atoms with E-state index in [9.17, 15) is 14.4 Å². The van der Waals surface area contributed by atoms with E-state index in [2.05, 4.69) is 106 Å². The van der Waals surface area contributed by atoms with E-state index < -0.39 is 6.10 Å². The summed E-state index contributed by atoms with van der Waals surface area (Å²) in [5.41, 5.74) is 0. The molecule has 6 nitrogen and oxygen atoms in total. The molecule has 0 radical (unpaired) electrons. The van der Waals surface area contributed by atoms with Gasteiger partial charge in [0.1, 0.15) is 13.2 Å². The van der Waals surface area contributed by atoms with Gasteiger partial charge in [-0.15, -0.1) is 0 Å². The lowest BCUT2D eigenvalue weighted by atomic mass is 10.0. The minimum absolute atomic E-state index is 0.0774. The van der Waals surface area contributed by atoms with Gasteiger partial charge in [-0.2, -0.15) is 0 Å². The molecular formula is C77H136O6. The van der Waals surface area contributed by atoms with Crippen molar-refractivity contribution in [1.82, 2.24) is 0 Å². The number of ether oxygens (including phenoxy) is 3. The van der Waals surface area contributed by atoms with E-state index in [0.717, 1.165) is 103 Å². The molecule has 0 saturated heterocycles. The molecule has 0 rings (SSSR count). The minimum Gasteiger partial charge on any atom is -0.462 e. The Morgan fingerprint density at radius 2 is 0.470 bits per heavy atom. The summed E-state index contributed by atoms with van der Waals surface area (Å²) in [4.78, 5) is 38.5. The minimum atomic E-state index is -0.784. The highest BCUT2D eigenvalue weighted by Gasteiger charge is 2.19. The number of carbonyl (C=O) groups is 3. The van der Waals surface area contributed by atoms with Crippen molar-refractivity contribution in [3.05, 3.63) is 85.1 Å². The van der Waals surface area contributed by atoms with Crippen molar-refractivity contribution in [2.75, 3.05) is 13.2 Å². The van der Waals surface area contributed by atoms with Crippen molar-refractivity contribution >= 4 is 17.9 Å². The average molecular weight is 1160 g/mol. The molecule has 0 aliphatic heterocycles. The van der Waals surface area contributed by atoms with E-state index in [0.29, 0.717) is 19.3 Å². The topological polar surface area (TPSA) is 78.9 Å². The fourth-order valence-corrected chi connectivity index (χ4v) is 10.5. The molecule has 1 unspecified atom stereocenters. The third-order valence-electron chi connectivity index (χ3n) is 15.9. The fourth-order valence-electron chi connectivity index (χ4n) is 10.5. The molecule has 0 N–H and O–H groups in total. The summed E-state index contributed by atoms with van der Waals surface area (Å²) in [5.74, 6) is -0.868. The summed E-state index contributed by atoms with van der Waals surface area (Å²) in [6.07, 6.45) is 94.6. The van der Waals surface area contributed by atoms with Crippen LogP contribution in [0.5, 0.6) is 0 Å². The maximum absolute atomic E-state index is 13.0. The maximum atomic E-state index is 13.0. The maximum Gasteiger partial charge on any atom is 0.306 e. The Morgan fingerprint density at radius 3 is 0.735 bits per heavy atom. The van der Waals surface area contributed by atoms with Gasteiger partial charge in [-0.05, 0) is 96.3 Å². The molecule has 0 aromatic heterocycles. The van der Waals surface area contributed by atoms with Gasteiger partial charge < -0.3 is 14.2 Å². The van der Waals surface area contributed by atoms with E-state index >= 15 is 0 Å². The number of rotatable bonds is 66. The van der Waals surface area contributed by atoms with Gasteiger partial charge in [0.05, 0.1) is 0 Å². The number of carbonyl (C=O) groups excluding carboxylic acids is 3. The Labute approximate surface area is 515 Å². The van der Waals surface area contributed by atoms with Gasteiger partial charge in [0.15, 0.2) is 6.10 Å². The number of unbranched alkanes of at least 4 members (excludes halogenated alkanes) is 41. The van der Waals surface area contributed by atoms with E-state index in [4.69, 9.17) is 14.2 Å². The molecule has 0 saturated carbocycles. The van der Waals surface area contributed by atoms with Crippen LogP contribution in [0.1, 0.15) is 367 Å². The Bertz CT molecular complexity index is 1570.